The number of ether oxygens (including phenoxy) is 2. The maximum atomic E-state index is 13.2. The van der Waals surface area contributed by atoms with E-state index in [0.29, 0.717) is 13.5 Å². The van der Waals surface area contributed by atoms with Gasteiger partial charge >= 0.3 is 11.2 Å². The van der Waals surface area contributed by atoms with Gasteiger partial charge in [-0.1, -0.05) is 12.1 Å². The Balaban J connectivity index is 2.06. The van der Waals surface area contributed by atoms with Gasteiger partial charge in [0.05, 0.1) is 12.2 Å². The summed E-state index contributed by atoms with van der Waals surface area (Å²) in [5, 5.41) is -4.69. The Morgan fingerprint density at radius 1 is 1.43 bits per heavy atom. The summed E-state index contributed by atoms with van der Waals surface area (Å²) < 4.78 is 67.0. The van der Waals surface area contributed by atoms with Crippen molar-refractivity contribution in [2.75, 3.05) is 6.61 Å². The largest absolute Gasteiger partial charge is 0.743 e. The van der Waals surface area contributed by atoms with E-state index in [1.54, 1.807) is 12.1 Å². The first-order chi connectivity index (χ1) is 9.63. The zero-order valence-corrected chi connectivity index (χ0v) is 11.6. The SMILES string of the molecule is CC(OC(=O)c1ccc(C2CO2)cc1)C(F)(F)S(=O)(=O)[O-]. The Morgan fingerprint density at radius 3 is 2.38 bits per heavy atom. The highest BCUT2D eigenvalue weighted by atomic mass is 32.2. The van der Waals surface area contributed by atoms with Crippen LogP contribution in [0.1, 0.15) is 28.9 Å². The van der Waals surface area contributed by atoms with Gasteiger partial charge in [-0.2, -0.15) is 8.78 Å². The van der Waals surface area contributed by atoms with Gasteiger partial charge in [0, 0.05) is 0 Å². The fourth-order valence-electron chi connectivity index (χ4n) is 1.57. The summed E-state index contributed by atoms with van der Waals surface area (Å²) in [7, 11) is -5.92. The Labute approximate surface area is 119 Å². The Hall–Kier alpha value is -1.58. The highest BCUT2D eigenvalue weighted by Crippen LogP contribution is 2.30. The van der Waals surface area contributed by atoms with Crippen LogP contribution in [0.5, 0.6) is 0 Å². The fourth-order valence-corrected chi connectivity index (χ4v) is 2.03. The number of halogens is 2. The molecule has 1 aromatic rings. The maximum absolute atomic E-state index is 13.2. The number of alkyl halides is 2. The summed E-state index contributed by atoms with van der Waals surface area (Å²) >= 11 is 0. The standard InChI is InChI=1S/C12H12F2O6S/c1-7(12(13,14)21(16,17)18)20-11(15)9-4-2-8(3-5-9)10-6-19-10/h2-5,7,10H,6H2,1H3,(H,16,17,18)/p-1. The predicted octanol–water partition coefficient (Wildman–Crippen LogP) is 1.44. The van der Waals surface area contributed by atoms with E-state index < -0.39 is 27.4 Å². The van der Waals surface area contributed by atoms with Crippen LogP contribution in [-0.4, -0.2) is 36.9 Å². The first-order valence-electron chi connectivity index (χ1n) is 5.88. The second kappa shape index (κ2) is 5.32. The van der Waals surface area contributed by atoms with Crippen LogP contribution in [0.3, 0.4) is 0 Å². The molecule has 0 spiro atoms. The Bertz CT molecular complexity index is 636. The van der Waals surface area contributed by atoms with Gasteiger partial charge < -0.3 is 14.0 Å². The van der Waals surface area contributed by atoms with E-state index in [-0.39, 0.29) is 11.7 Å². The molecule has 2 atom stereocenters. The van der Waals surface area contributed by atoms with Gasteiger partial charge in [-0.3, -0.25) is 0 Å². The summed E-state index contributed by atoms with van der Waals surface area (Å²) in [6.45, 7) is 1.22. The van der Waals surface area contributed by atoms with Crippen molar-refractivity contribution < 1.29 is 36.0 Å². The molecule has 6 nitrogen and oxygen atoms in total. The molecule has 0 aromatic heterocycles. The van der Waals surface area contributed by atoms with E-state index in [9.17, 15) is 26.5 Å². The second-order valence-electron chi connectivity index (χ2n) is 4.51. The number of hydrogen-bond acceptors (Lipinski definition) is 6. The number of epoxide rings is 1. The van der Waals surface area contributed by atoms with Gasteiger partial charge in [-0.15, -0.1) is 0 Å². The highest BCUT2D eigenvalue weighted by molar-refractivity contribution is 7.86. The molecule has 21 heavy (non-hydrogen) atoms. The van der Waals surface area contributed by atoms with Crippen LogP contribution in [0, 0.1) is 0 Å². The minimum absolute atomic E-state index is 0.0241. The third kappa shape index (κ3) is 3.36. The molecule has 1 aliphatic heterocycles. The summed E-state index contributed by atoms with van der Waals surface area (Å²) in [4.78, 5) is 11.6. The Morgan fingerprint density at radius 2 is 1.95 bits per heavy atom. The lowest BCUT2D eigenvalue weighted by molar-refractivity contribution is -0.0554. The molecule has 0 aliphatic carbocycles. The number of esters is 1. The van der Waals surface area contributed by atoms with Crippen molar-refractivity contribution in [1.29, 1.82) is 0 Å². The van der Waals surface area contributed by atoms with Crippen molar-refractivity contribution in [3.05, 3.63) is 35.4 Å². The summed E-state index contributed by atoms with van der Waals surface area (Å²) in [6.07, 6.45) is -2.41. The fraction of sp³-hybridized carbons (Fsp3) is 0.417. The number of carbonyl (C=O) groups excluding carboxylic acids is 1. The van der Waals surface area contributed by atoms with Crippen LogP contribution >= 0.6 is 0 Å². The van der Waals surface area contributed by atoms with Crippen molar-refractivity contribution in [1.82, 2.24) is 0 Å². The second-order valence-corrected chi connectivity index (χ2v) is 5.96. The first kappa shape index (κ1) is 15.8. The molecule has 0 amide bonds. The molecule has 1 fully saturated rings. The normalized spacial score (nSPS) is 19.9. The molecule has 1 saturated heterocycles. The van der Waals surface area contributed by atoms with E-state index >= 15 is 0 Å². The lowest BCUT2D eigenvalue weighted by Crippen LogP contribution is -2.42. The number of hydrogen-bond donors (Lipinski definition) is 0. The predicted molar refractivity (Wildman–Crippen MR) is 64.7 cm³/mol. The van der Waals surface area contributed by atoms with E-state index in [0.717, 1.165) is 5.56 Å². The molecule has 9 heteroatoms. The highest BCUT2D eigenvalue weighted by Gasteiger charge is 2.46. The summed E-state index contributed by atoms with van der Waals surface area (Å²) in [6, 6.07) is 5.83. The molecule has 0 radical (unpaired) electrons. The van der Waals surface area contributed by atoms with Gasteiger partial charge in [0.2, 0.25) is 0 Å². The van der Waals surface area contributed by atoms with E-state index in [1.807, 2.05) is 0 Å². The zero-order valence-electron chi connectivity index (χ0n) is 10.8. The number of benzene rings is 1. The lowest BCUT2D eigenvalue weighted by atomic mass is 10.1. The minimum Gasteiger partial charge on any atom is -0.743 e. The van der Waals surface area contributed by atoms with Crippen LogP contribution in [-0.2, 0) is 19.6 Å². The molecule has 0 bridgehead atoms. The third-order valence-corrected chi connectivity index (χ3v) is 3.94. The topological polar surface area (TPSA) is 96.0 Å². The van der Waals surface area contributed by atoms with Gasteiger partial charge in [0.1, 0.15) is 6.10 Å². The van der Waals surface area contributed by atoms with Crippen molar-refractivity contribution in [3.63, 3.8) is 0 Å². The monoisotopic (exact) mass is 321 g/mol. The quantitative estimate of drug-likeness (QED) is 0.462. The summed E-state index contributed by atoms with van der Waals surface area (Å²) in [5.74, 6) is -1.14. The van der Waals surface area contributed by atoms with E-state index in [1.165, 1.54) is 12.1 Å². The number of carbonyl (C=O) groups is 1. The molecule has 0 N–H and O–H groups in total. The molecule has 1 aromatic carbocycles. The van der Waals surface area contributed by atoms with Crippen molar-refractivity contribution in [2.24, 2.45) is 0 Å². The van der Waals surface area contributed by atoms with Crippen molar-refractivity contribution in [2.45, 2.75) is 24.4 Å². The van der Waals surface area contributed by atoms with E-state index in [2.05, 4.69) is 4.74 Å². The average molecular weight is 321 g/mol. The Kier molecular flexibility index (Phi) is 4.00. The average Bonchev–Trinajstić information content (AvgIpc) is 3.21. The molecular formula is C12H11F2O6S-. The summed E-state index contributed by atoms with van der Waals surface area (Å²) in [5.41, 5.74) is 0.789. The molecular weight excluding hydrogens is 310 g/mol. The smallest absolute Gasteiger partial charge is 0.370 e. The molecule has 2 rings (SSSR count). The number of rotatable bonds is 5. The van der Waals surface area contributed by atoms with E-state index in [4.69, 9.17) is 4.74 Å². The van der Waals surface area contributed by atoms with Crippen LogP contribution in [0.15, 0.2) is 24.3 Å². The van der Waals surface area contributed by atoms with Crippen LogP contribution in [0.4, 0.5) is 8.78 Å². The van der Waals surface area contributed by atoms with Crippen LogP contribution in [0.2, 0.25) is 0 Å². The minimum atomic E-state index is -5.92. The lowest BCUT2D eigenvalue weighted by Gasteiger charge is -2.25. The molecule has 1 aliphatic rings. The first-order valence-corrected chi connectivity index (χ1v) is 7.29. The van der Waals surface area contributed by atoms with Gasteiger partial charge in [0.25, 0.3) is 0 Å². The third-order valence-electron chi connectivity index (χ3n) is 2.94. The van der Waals surface area contributed by atoms with Crippen LogP contribution in [0.25, 0.3) is 0 Å². The van der Waals surface area contributed by atoms with Gasteiger partial charge in [-0.05, 0) is 24.6 Å². The molecule has 2 unspecified atom stereocenters. The molecule has 0 saturated carbocycles. The maximum Gasteiger partial charge on any atom is 0.370 e. The zero-order chi connectivity index (χ0) is 15.8. The van der Waals surface area contributed by atoms with Crippen molar-refractivity contribution >= 4 is 16.1 Å². The molecule has 1 heterocycles. The van der Waals surface area contributed by atoms with Crippen molar-refractivity contribution in [3.8, 4) is 0 Å². The molecule has 116 valence electrons. The van der Waals surface area contributed by atoms with Crippen LogP contribution < -0.4 is 0 Å². The van der Waals surface area contributed by atoms with Gasteiger partial charge in [-0.25, -0.2) is 13.2 Å². The van der Waals surface area contributed by atoms with Gasteiger partial charge in [0.15, 0.2) is 16.2 Å².